The number of nitriles is 1. The Morgan fingerprint density at radius 3 is 2.84 bits per heavy atom. The summed E-state index contributed by atoms with van der Waals surface area (Å²) < 4.78 is 11.3. The van der Waals surface area contributed by atoms with Crippen molar-refractivity contribution in [3.05, 3.63) is 22.7 Å². The second-order valence-electron chi connectivity index (χ2n) is 4.93. The van der Waals surface area contributed by atoms with Gasteiger partial charge in [-0.1, -0.05) is 11.6 Å². The fourth-order valence-electron chi connectivity index (χ4n) is 2.25. The van der Waals surface area contributed by atoms with Crippen molar-refractivity contribution in [2.75, 3.05) is 20.2 Å². The molecule has 1 aromatic carbocycles. The van der Waals surface area contributed by atoms with Gasteiger partial charge in [-0.15, -0.1) is 0 Å². The molecule has 0 amide bonds. The van der Waals surface area contributed by atoms with Crippen LogP contribution >= 0.6 is 11.6 Å². The molecule has 0 saturated carbocycles. The van der Waals surface area contributed by atoms with E-state index in [-0.39, 0.29) is 5.60 Å². The summed E-state index contributed by atoms with van der Waals surface area (Å²) in [7, 11) is 1.54. The monoisotopic (exact) mass is 280 g/mol. The highest BCUT2D eigenvalue weighted by molar-refractivity contribution is 6.32. The number of nitrogens with one attached hydrogen (secondary N) is 1. The smallest absolute Gasteiger partial charge is 0.180 e. The van der Waals surface area contributed by atoms with E-state index < -0.39 is 0 Å². The Hall–Kier alpha value is -1.44. The molecular weight excluding hydrogens is 264 g/mol. The van der Waals surface area contributed by atoms with Crippen LogP contribution in [0.4, 0.5) is 0 Å². The molecule has 5 heteroatoms. The van der Waals surface area contributed by atoms with Crippen LogP contribution in [0.25, 0.3) is 0 Å². The van der Waals surface area contributed by atoms with Crippen molar-refractivity contribution in [3.8, 4) is 17.6 Å². The minimum absolute atomic E-state index is 0.302. The molecule has 1 saturated heterocycles. The van der Waals surface area contributed by atoms with Crippen molar-refractivity contribution in [1.29, 1.82) is 5.26 Å². The number of benzene rings is 1. The highest BCUT2D eigenvalue weighted by atomic mass is 35.5. The summed E-state index contributed by atoms with van der Waals surface area (Å²) in [5.41, 5.74) is 0.157. The molecule has 1 atom stereocenters. The van der Waals surface area contributed by atoms with Gasteiger partial charge < -0.3 is 14.8 Å². The zero-order valence-electron chi connectivity index (χ0n) is 11.1. The molecule has 0 radical (unpaired) electrons. The molecule has 102 valence electrons. The van der Waals surface area contributed by atoms with E-state index in [1.165, 1.54) is 0 Å². The molecule has 1 aromatic rings. The van der Waals surface area contributed by atoms with Crippen molar-refractivity contribution in [1.82, 2.24) is 5.32 Å². The zero-order valence-corrected chi connectivity index (χ0v) is 11.9. The van der Waals surface area contributed by atoms with Gasteiger partial charge in [-0.05, 0) is 32.4 Å². The van der Waals surface area contributed by atoms with Crippen LogP contribution in [-0.2, 0) is 0 Å². The number of nitrogens with zero attached hydrogens (tertiary/aromatic N) is 1. The molecular formula is C14H17ClN2O2. The van der Waals surface area contributed by atoms with Gasteiger partial charge in [-0.2, -0.15) is 5.26 Å². The van der Waals surface area contributed by atoms with Crippen LogP contribution < -0.4 is 14.8 Å². The third-order valence-electron chi connectivity index (χ3n) is 3.27. The highest BCUT2D eigenvalue weighted by Gasteiger charge is 2.30. The van der Waals surface area contributed by atoms with Gasteiger partial charge in [-0.3, -0.25) is 0 Å². The van der Waals surface area contributed by atoms with E-state index in [2.05, 4.69) is 11.4 Å². The lowest BCUT2D eigenvalue weighted by atomic mass is 9.96. The van der Waals surface area contributed by atoms with Gasteiger partial charge in [0.2, 0.25) is 0 Å². The molecule has 0 bridgehead atoms. The summed E-state index contributed by atoms with van der Waals surface area (Å²) in [4.78, 5) is 0. The van der Waals surface area contributed by atoms with Gasteiger partial charge in [0.25, 0.3) is 0 Å². The first-order valence-electron chi connectivity index (χ1n) is 6.25. The third-order valence-corrected chi connectivity index (χ3v) is 3.55. The first-order chi connectivity index (χ1) is 9.08. The molecule has 1 aliphatic heterocycles. The maximum Gasteiger partial charge on any atom is 0.180 e. The van der Waals surface area contributed by atoms with Crippen molar-refractivity contribution in [2.24, 2.45) is 0 Å². The van der Waals surface area contributed by atoms with Gasteiger partial charge in [0.1, 0.15) is 5.60 Å². The van der Waals surface area contributed by atoms with Crippen molar-refractivity contribution in [2.45, 2.75) is 25.4 Å². The Morgan fingerprint density at radius 1 is 1.47 bits per heavy atom. The number of hydrogen-bond donors (Lipinski definition) is 1. The summed E-state index contributed by atoms with van der Waals surface area (Å²) in [6.45, 7) is 3.83. The number of halogens is 1. The number of hydrogen-bond acceptors (Lipinski definition) is 4. The van der Waals surface area contributed by atoms with Crippen LogP contribution in [0.3, 0.4) is 0 Å². The third kappa shape index (κ3) is 3.12. The van der Waals surface area contributed by atoms with Crippen LogP contribution in [0.5, 0.6) is 11.5 Å². The largest absolute Gasteiger partial charge is 0.493 e. The second kappa shape index (κ2) is 5.68. The summed E-state index contributed by atoms with van der Waals surface area (Å²) in [5, 5.41) is 12.6. The lowest BCUT2D eigenvalue weighted by Crippen LogP contribution is -2.47. The van der Waals surface area contributed by atoms with Crippen LogP contribution in [0.15, 0.2) is 12.1 Å². The maximum atomic E-state index is 8.93. The van der Waals surface area contributed by atoms with Gasteiger partial charge in [0, 0.05) is 12.6 Å². The normalized spacial score (nSPS) is 22.6. The Morgan fingerprint density at radius 2 is 2.26 bits per heavy atom. The summed E-state index contributed by atoms with van der Waals surface area (Å²) in [5.74, 6) is 1.00. The molecule has 1 fully saturated rings. The van der Waals surface area contributed by atoms with Gasteiger partial charge >= 0.3 is 0 Å². The predicted molar refractivity (Wildman–Crippen MR) is 73.9 cm³/mol. The Balaban J connectivity index is 2.31. The molecule has 0 spiro atoms. The molecule has 4 nitrogen and oxygen atoms in total. The minimum atomic E-state index is -0.302. The number of piperidine rings is 1. The van der Waals surface area contributed by atoms with Crippen molar-refractivity contribution >= 4 is 11.6 Å². The van der Waals surface area contributed by atoms with Crippen LogP contribution in [0.2, 0.25) is 5.02 Å². The second-order valence-corrected chi connectivity index (χ2v) is 5.34. The average Bonchev–Trinajstić information content (AvgIpc) is 2.41. The number of ether oxygens (including phenoxy) is 2. The van der Waals surface area contributed by atoms with Crippen LogP contribution in [-0.4, -0.2) is 25.8 Å². The zero-order chi connectivity index (χ0) is 13.9. The topological polar surface area (TPSA) is 54.3 Å². The summed E-state index contributed by atoms with van der Waals surface area (Å²) in [6, 6.07) is 5.29. The van der Waals surface area contributed by atoms with Crippen molar-refractivity contribution in [3.63, 3.8) is 0 Å². The molecule has 1 heterocycles. The van der Waals surface area contributed by atoms with E-state index in [1.807, 2.05) is 6.92 Å². The number of methoxy groups -OCH3 is 1. The Kier molecular flexibility index (Phi) is 4.18. The van der Waals surface area contributed by atoms with Gasteiger partial charge in [-0.25, -0.2) is 0 Å². The fraction of sp³-hybridized carbons (Fsp3) is 0.500. The van der Waals surface area contributed by atoms with Gasteiger partial charge in [0.15, 0.2) is 11.5 Å². The lowest BCUT2D eigenvalue weighted by Gasteiger charge is -2.35. The Labute approximate surface area is 118 Å². The standard InChI is InChI=1S/C14H17ClN2O2/c1-14(4-3-5-17-9-14)19-13-11(15)6-10(8-16)7-12(13)18-2/h6-7,17H,3-5,9H2,1-2H3. The van der Waals surface area contributed by atoms with E-state index >= 15 is 0 Å². The predicted octanol–water partition coefficient (Wildman–Crippen LogP) is 2.74. The van der Waals surface area contributed by atoms with Crippen LogP contribution in [0, 0.1) is 11.3 Å². The van der Waals surface area contributed by atoms with Gasteiger partial charge in [0.05, 0.1) is 23.8 Å². The van der Waals surface area contributed by atoms with E-state index in [0.717, 1.165) is 25.9 Å². The highest BCUT2D eigenvalue weighted by Crippen LogP contribution is 2.39. The summed E-state index contributed by atoms with van der Waals surface area (Å²) in [6.07, 6.45) is 2.02. The summed E-state index contributed by atoms with van der Waals surface area (Å²) >= 11 is 6.20. The first-order valence-corrected chi connectivity index (χ1v) is 6.63. The SMILES string of the molecule is COc1cc(C#N)cc(Cl)c1OC1(C)CCCNC1. The fourth-order valence-corrected chi connectivity index (χ4v) is 2.49. The molecule has 1 unspecified atom stereocenters. The number of rotatable bonds is 3. The van der Waals surface area contributed by atoms with E-state index in [4.69, 9.17) is 26.3 Å². The molecule has 1 N–H and O–H groups in total. The van der Waals surface area contributed by atoms with Crippen molar-refractivity contribution < 1.29 is 9.47 Å². The molecule has 19 heavy (non-hydrogen) atoms. The molecule has 0 aromatic heterocycles. The molecule has 0 aliphatic carbocycles. The lowest BCUT2D eigenvalue weighted by molar-refractivity contribution is 0.0586. The quantitative estimate of drug-likeness (QED) is 0.925. The molecule has 2 rings (SSSR count). The Bertz CT molecular complexity index is 505. The molecule has 1 aliphatic rings. The minimum Gasteiger partial charge on any atom is -0.493 e. The average molecular weight is 281 g/mol. The van der Waals surface area contributed by atoms with E-state index in [9.17, 15) is 0 Å². The first kappa shape index (κ1) is 14.0. The maximum absolute atomic E-state index is 8.93. The van der Waals surface area contributed by atoms with E-state index in [1.54, 1.807) is 19.2 Å². The van der Waals surface area contributed by atoms with Crippen LogP contribution in [0.1, 0.15) is 25.3 Å². The van der Waals surface area contributed by atoms with E-state index in [0.29, 0.717) is 22.1 Å².